The first-order chi connectivity index (χ1) is 7.59. The molecule has 0 saturated heterocycles. The lowest BCUT2D eigenvalue weighted by Crippen LogP contribution is -2.32. The third kappa shape index (κ3) is 4.09. The van der Waals surface area contributed by atoms with Gasteiger partial charge in [0.05, 0.1) is 0 Å². The zero-order chi connectivity index (χ0) is 12.0. The summed E-state index contributed by atoms with van der Waals surface area (Å²) in [5, 5.41) is 2.28. The Morgan fingerprint density at radius 1 is 1.19 bits per heavy atom. The summed E-state index contributed by atoms with van der Waals surface area (Å²) in [6.45, 7) is 3.48. The third-order valence-corrected chi connectivity index (χ3v) is 2.00. The van der Waals surface area contributed by atoms with Crippen LogP contribution in [0.4, 0.5) is 0 Å². The minimum absolute atomic E-state index is 0.186. The van der Waals surface area contributed by atoms with Crippen LogP contribution in [0, 0.1) is 5.92 Å². The fourth-order valence-corrected chi connectivity index (χ4v) is 1.04. The van der Waals surface area contributed by atoms with Gasteiger partial charge in [-0.3, -0.25) is 14.9 Å². The van der Waals surface area contributed by atoms with Gasteiger partial charge in [-0.15, -0.1) is 0 Å². The van der Waals surface area contributed by atoms with Gasteiger partial charge in [-0.1, -0.05) is 44.2 Å². The molecule has 0 saturated carbocycles. The van der Waals surface area contributed by atoms with E-state index < -0.39 is 0 Å². The summed E-state index contributed by atoms with van der Waals surface area (Å²) in [7, 11) is 0. The first-order valence-electron chi connectivity index (χ1n) is 5.17. The number of nitrogens with one attached hydrogen (secondary N) is 1. The van der Waals surface area contributed by atoms with Gasteiger partial charge in [0.1, 0.15) is 0 Å². The van der Waals surface area contributed by atoms with Crippen LogP contribution in [-0.4, -0.2) is 11.8 Å². The van der Waals surface area contributed by atoms with E-state index in [1.807, 2.05) is 30.3 Å². The second-order valence-corrected chi connectivity index (χ2v) is 3.75. The smallest absolute Gasteiger partial charge is 0.250 e. The molecule has 1 N–H and O–H groups in total. The molecule has 0 unspecified atom stereocenters. The van der Waals surface area contributed by atoms with E-state index in [0.717, 1.165) is 5.56 Å². The zero-order valence-electron chi connectivity index (χ0n) is 9.44. The van der Waals surface area contributed by atoms with Crippen LogP contribution in [0.25, 0.3) is 6.08 Å². The average molecular weight is 217 g/mol. The van der Waals surface area contributed by atoms with Gasteiger partial charge in [0.2, 0.25) is 5.91 Å². The van der Waals surface area contributed by atoms with E-state index in [-0.39, 0.29) is 17.7 Å². The highest BCUT2D eigenvalue weighted by atomic mass is 16.2. The molecule has 0 fully saturated rings. The van der Waals surface area contributed by atoms with Crippen LogP contribution >= 0.6 is 0 Å². The van der Waals surface area contributed by atoms with E-state index in [1.165, 1.54) is 6.08 Å². The summed E-state index contributed by atoms with van der Waals surface area (Å²) >= 11 is 0. The molecule has 0 spiro atoms. The van der Waals surface area contributed by atoms with Crippen molar-refractivity contribution in [2.24, 2.45) is 5.92 Å². The second-order valence-electron chi connectivity index (χ2n) is 3.75. The topological polar surface area (TPSA) is 46.2 Å². The lowest BCUT2D eigenvalue weighted by Gasteiger charge is -2.02. The molecular formula is C13H15NO2. The van der Waals surface area contributed by atoms with Crippen LogP contribution in [0.3, 0.4) is 0 Å². The van der Waals surface area contributed by atoms with Crippen molar-refractivity contribution >= 4 is 17.9 Å². The molecule has 1 rings (SSSR count). The first kappa shape index (κ1) is 12.2. The molecule has 84 valence electrons. The van der Waals surface area contributed by atoms with Gasteiger partial charge >= 0.3 is 0 Å². The number of hydrogen-bond acceptors (Lipinski definition) is 2. The molecule has 0 aromatic heterocycles. The maximum Gasteiger partial charge on any atom is 0.250 e. The van der Waals surface area contributed by atoms with Crippen molar-refractivity contribution in [2.45, 2.75) is 13.8 Å². The molecule has 0 atom stereocenters. The number of carbonyl (C=O) groups is 2. The molecule has 16 heavy (non-hydrogen) atoms. The molecule has 0 bridgehead atoms. The molecule has 0 heterocycles. The number of carbonyl (C=O) groups excluding carboxylic acids is 2. The van der Waals surface area contributed by atoms with Gasteiger partial charge in [0, 0.05) is 12.0 Å². The predicted molar refractivity (Wildman–Crippen MR) is 63.5 cm³/mol. The maximum absolute atomic E-state index is 11.3. The number of benzene rings is 1. The van der Waals surface area contributed by atoms with Crippen molar-refractivity contribution in [2.75, 3.05) is 0 Å². The lowest BCUT2D eigenvalue weighted by molar-refractivity contribution is -0.130. The largest absolute Gasteiger partial charge is 0.293 e. The van der Waals surface area contributed by atoms with Gasteiger partial charge in [0.15, 0.2) is 0 Å². The summed E-state index contributed by atoms with van der Waals surface area (Å²) in [5.41, 5.74) is 0.926. The summed E-state index contributed by atoms with van der Waals surface area (Å²) in [6, 6.07) is 9.44. The third-order valence-electron chi connectivity index (χ3n) is 2.00. The van der Waals surface area contributed by atoms with E-state index in [4.69, 9.17) is 0 Å². The molecule has 0 radical (unpaired) electrons. The molecule has 1 aromatic rings. The Hall–Kier alpha value is -1.90. The van der Waals surface area contributed by atoms with Crippen molar-refractivity contribution in [3.05, 3.63) is 42.0 Å². The predicted octanol–water partition coefficient (Wildman–Crippen LogP) is 2.00. The van der Waals surface area contributed by atoms with E-state index >= 15 is 0 Å². The molecule has 0 aliphatic rings. The van der Waals surface area contributed by atoms with Crippen LogP contribution in [0.5, 0.6) is 0 Å². The molecule has 3 heteroatoms. The van der Waals surface area contributed by atoms with Crippen molar-refractivity contribution < 1.29 is 9.59 Å². The van der Waals surface area contributed by atoms with E-state index in [9.17, 15) is 9.59 Å². The fourth-order valence-electron chi connectivity index (χ4n) is 1.04. The standard InChI is InChI=1S/C13H15NO2/c1-10(2)13(16)14-12(15)9-8-11-6-4-3-5-7-11/h3-10H,1-2H3,(H,14,15,16)/b9-8+. The van der Waals surface area contributed by atoms with Crippen molar-refractivity contribution in [1.29, 1.82) is 0 Å². The molecular weight excluding hydrogens is 202 g/mol. The summed E-state index contributed by atoms with van der Waals surface area (Å²) < 4.78 is 0. The van der Waals surface area contributed by atoms with Crippen molar-refractivity contribution in [3.8, 4) is 0 Å². The van der Waals surface area contributed by atoms with Crippen LogP contribution in [0.2, 0.25) is 0 Å². The minimum atomic E-state index is -0.387. The Labute approximate surface area is 95.2 Å². The Bertz CT molecular complexity index is 394. The Morgan fingerprint density at radius 3 is 2.38 bits per heavy atom. The van der Waals surface area contributed by atoms with Crippen molar-refractivity contribution in [3.63, 3.8) is 0 Å². The molecule has 2 amide bonds. The second kappa shape index (κ2) is 5.85. The monoisotopic (exact) mass is 217 g/mol. The van der Waals surface area contributed by atoms with E-state index in [0.29, 0.717) is 0 Å². The van der Waals surface area contributed by atoms with Gasteiger partial charge in [-0.2, -0.15) is 0 Å². The summed E-state index contributed by atoms with van der Waals surface area (Å²) in [5.74, 6) is -0.834. The molecule has 0 aliphatic carbocycles. The van der Waals surface area contributed by atoms with E-state index in [1.54, 1.807) is 19.9 Å². The zero-order valence-corrected chi connectivity index (χ0v) is 9.44. The Morgan fingerprint density at radius 2 is 1.81 bits per heavy atom. The van der Waals surface area contributed by atoms with Gasteiger partial charge in [-0.25, -0.2) is 0 Å². The number of rotatable bonds is 3. The fraction of sp³-hybridized carbons (Fsp3) is 0.231. The van der Waals surface area contributed by atoms with Gasteiger partial charge < -0.3 is 0 Å². The summed E-state index contributed by atoms with van der Waals surface area (Å²) in [6.07, 6.45) is 3.03. The first-order valence-corrected chi connectivity index (χ1v) is 5.17. The molecule has 0 aliphatic heterocycles. The normalized spacial score (nSPS) is 10.7. The van der Waals surface area contributed by atoms with E-state index in [2.05, 4.69) is 5.32 Å². The SMILES string of the molecule is CC(C)C(=O)NC(=O)/C=C/c1ccccc1. The number of amides is 2. The number of hydrogen-bond donors (Lipinski definition) is 1. The minimum Gasteiger partial charge on any atom is -0.293 e. The van der Waals surface area contributed by atoms with Crippen LogP contribution < -0.4 is 5.32 Å². The van der Waals surface area contributed by atoms with Crippen LogP contribution in [0.1, 0.15) is 19.4 Å². The summed E-state index contributed by atoms with van der Waals surface area (Å²) in [4.78, 5) is 22.5. The highest BCUT2D eigenvalue weighted by Gasteiger charge is 2.08. The highest BCUT2D eigenvalue weighted by molar-refractivity contribution is 6.03. The Kier molecular flexibility index (Phi) is 4.45. The van der Waals surface area contributed by atoms with Crippen molar-refractivity contribution in [1.82, 2.24) is 5.32 Å². The number of imide groups is 1. The van der Waals surface area contributed by atoms with Gasteiger partial charge in [0.25, 0.3) is 5.91 Å². The quantitative estimate of drug-likeness (QED) is 0.787. The molecule has 3 nitrogen and oxygen atoms in total. The van der Waals surface area contributed by atoms with Gasteiger partial charge in [-0.05, 0) is 11.6 Å². The Balaban J connectivity index is 2.52. The average Bonchev–Trinajstić information content (AvgIpc) is 2.27. The van der Waals surface area contributed by atoms with Crippen LogP contribution in [-0.2, 0) is 9.59 Å². The maximum atomic E-state index is 11.3. The molecule has 1 aromatic carbocycles. The highest BCUT2D eigenvalue weighted by Crippen LogP contribution is 2.00. The lowest BCUT2D eigenvalue weighted by atomic mass is 10.2. The van der Waals surface area contributed by atoms with Crippen LogP contribution in [0.15, 0.2) is 36.4 Å².